The van der Waals surface area contributed by atoms with Crippen LogP contribution in [0.3, 0.4) is 0 Å². The summed E-state index contributed by atoms with van der Waals surface area (Å²) in [6.07, 6.45) is 5.70. The largest absolute Gasteiger partial charge is 0.494 e. The summed E-state index contributed by atoms with van der Waals surface area (Å²) >= 11 is 0. The van der Waals surface area contributed by atoms with E-state index in [-0.39, 0.29) is 29.4 Å². The molecular formula is C20H32IN3O2. The third-order valence-corrected chi connectivity index (χ3v) is 5.45. The molecule has 5 nitrogen and oxygen atoms in total. The summed E-state index contributed by atoms with van der Waals surface area (Å²) in [5.41, 5.74) is 7.62. The molecule has 2 saturated heterocycles. The van der Waals surface area contributed by atoms with Crippen LogP contribution in [-0.2, 0) is 10.2 Å². The fourth-order valence-electron chi connectivity index (χ4n) is 3.83. The van der Waals surface area contributed by atoms with E-state index in [9.17, 15) is 0 Å². The summed E-state index contributed by atoms with van der Waals surface area (Å²) in [7, 11) is 0. The Balaban J connectivity index is 0.00000243. The Bertz CT molecular complexity index is 565. The van der Waals surface area contributed by atoms with Crippen molar-refractivity contribution < 1.29 is 9.47 Å². The molecule has 0 saturated carbocycles. The van der Waals surface area contributed by atoms with Crippen LogP contribution in [-0.4, -0.2) is 50.3 Å². The minimum Gasteiger partial charge on any atom is -0.494 e. The smallest absolute Gasteiger partial charge is 0.191 e. The van der Waals surface area contributed by atoms with Crippen molar-refractivity contribution in [3.63, 3.8) is 0 Å². The van der Waals surface area contributed by atoms with Crippen molar-refractivity contribution in [2.45, 2.75) is 44.4 Å². The molecule has 2 fully saturated rings. The van der Waals surface area contributed by atoms with Crippen LogP contribution in [0.5, 0.6) is 5.75 Å². The van der Waals surface area contributed by atoms with E-state index in [1.807, 2.05) is 6.92 Å². The van der Waals surface area contributed by atoms with Gasteiger partial charge in [0.1, 0.15) is 5.75 Å². The first kappa shape index (κ1) is 21.3. The number of guanidine groups is 1. The molecule has 26 heavy (non-hydrogen) atoms. The molecule has 3 rings (SSSR count). The number of hydrogen-bond donors (Lipinski definition) is 1. The topological polar surface area (TPSA) is 60.1 Å². The molecule has 6 heteroatoms. The van der Waals surface area contributed by atoms with Gasteiger partial charge in [-0.05, 0) is 56.7 Å². The lowest BCUT2D eigenvalue weighted by molar-refractivity contribution is 0.0530. The minimum atomic E-state index is 0. The van der Waals surface area contributed by atoms with Crippen molar-refractivity contribution in [3.8, 4) is 5.75 Å². The third-order valence-electron chi connectivity index (χ3n) is 5.45. The maximum Gasteiger partial charge on any atom is 0.191 e. The highest BCUT2D eigenvalue weighted by Gasteiger charge is 2.34. The molecule has 2 aliphatic rings. The van der Waals surface area contributed by atoms with Crippen LogP contribution in [0.2, 0.25) is 0 Å². The first-order valence-electron chi connectivity index (χ1n) is 9.59. The van der Waals surface area contributed by atoms with Crippen LogP contribution >= 0.6 is 24.0 Å². The van der Waals surface area contributed by atoms with Gasteiger partial charge in [-0.3, -0.25) is 4.99 Å². The number of piperidine rings is 1. The number of nitrogens with two attached hydrogens (primary N) is 1. The lowest BCUT2D eigenvalue weighted by Gasteiger charge is -2.37. The zero-order valence-corrected chi connectivity index (χ0v) is 18.1. The highest BCUT2D eigenvalue weighted by atomic mass is 127. The lowest BCUT2D eigenvalue weighted by Crippen LogP contribution is -2.43. The van der Waals surface area contributed by atoms with Crippen molar-refractivity contribution >= 4 is 29.9 Å². The van der Waals surface area contributed by atoms with Crippen LogP contribution in [0.1, 0.15) is 44.6 Å². The fourth-order valence-corrected chi connectivity index (χ4v) is 3.83. The Kier molecular flexibility index (Phi) is 8.47. The molecule has 1 aromatic carbocycles. The van der Waals surface area contributed by atoms with Gasteiger partial charge in [0, 0.05) is 31.7 Å². The molecule has 0 aliphatic carbocycles. The Labute approximate surface area is 174 Å². The Morgan fingerprint density at radius 2 is 1.81 bits per heavy atom. The quantitative estimate of drug-likeness (QED) is 0.404. The van der Waals surface area contributed by atoms with Gasteiger partial charge in [0.2, 0.25) is 0 Å². The summed E-state index contributed by atoms with van der Waals surface area (Å²) in [6, 6.07) is 8.49. The Morgan fingerprint density at radius 3 is 2.42 bits per heavy atom. The van der Waals surface area contributed by atoms with Crippen molar-refractivity contribution in [1.29, 1.82) is 0 Å². The predicted octanol–water partition coefficient (Wildman–Crippen LogP) is 3.55. The molecule has 0 radical (unpaired) electrons. The monoisotopic (exact) mass is 473 g/mol. The SMILES string of the molecule is CCOc1ccc(C2(CN=C(N)N3CCCCC3)CCOCC2)cc1.I. The standard InChI is InChI=1S/C20H31N3O2.HI/c1-2-25-18-8-6-17(7-9-18)20(10-14-24-15-11-20)16-22-19(21)23-12-4-3-5-13-23;/h6-9H,2-5,10-16H2,1H3,(H2,21,22);1H. The number of ether oxygens (including phenoxy) is 2. The number of aliphatic imine (C=N–C) groups is 1. The van der Waals surface area contributed by atoms with Gasteiger partial charge in [-0.15, -0.1) is 24.0 Å². The minimum absolute atomic E-state index is 0. The number of benzene rings is 1. The van der Waals surface area contributed by atoms with Crippen molar-refractivity contribution in [3.05, 3.63) is 29.8 Å². The van der Waals surface area contributed by atoms with Gasteiger partial charge in [-0.1, -0.05) is 12.1 Å². The normalized spacial score (nSPS) is 20.3. The van der Waals surface area contributed by atoms with E-state index < -0.39 is 0 Å². The van der Waals surface area contributed by atoms with Gasteiger partial charge in [-0.2, -0.15) is 0 Å². The van der Waals surface area contributed by atoms with Crippen molar-refractivity contribution in [2.75, 3.05) is 39.5 Å². The summed E-state index contributed by atoms with van der Waals surface area (Å²) < 4.78 is 11.2. The molecule has 0 atom stereocenters. The molecule has 0 spiro atoms. The van der Waals surface area contributed by atoms with Gasteiger partial charge in [-0.25, -0.2) is 0 Å². The third kappa shape index (κ3) is 5.25. The van der Waals surface area contributed by atoms with Crippen LogP contribution < -0.4 is 10.5 Å². The van der Waals surface area contributed by atoms with Crippen molar-refractivity contribution in [2.24, 2.45) is 10.7 Å². The maximum atomic E-state index is 6.29. The van der Waals surface area contributed by atoms with Crippen LogP contribution in [0, 0.1) is 0 Å². The molecule has 0 amide bonds. The van der Waals surface area contributed by atoms with Gasteiger partial charge in [0.25, 0.3) is 0 Å². The van der Waals surface area contributed by atoms with Crippen LogP contribution in [0.4, 0.5) is 0 Å². The van der Waals surface area contributed by atoms with E-state index in [2.05, 4.69) is 29.2 Å². The maximum absolute atomic E-state index is 6.29. The van der Waals surface area contributed by atoms with E-state index in [1.54, 1.807) is 0 Å². The number of likely N-dealkylation sites (tertiary alicyclic amines) is 1. The van der Waals surface area contributed by atoms with Crippen LogP contribution in [0.25, 0.3) is 0 Å². The molecule has 1 aromatic rings. The van der Waals surface area contributed by atoms with E-state index in [1.165, 1.54) is 24.8 Å². The molecule has 2 heterocycles. The second-order valence-corrected chi connectivity index (χ2v) is 7.07. The summed E-state index contributed by atoms with van der Waals surface area (Å²) in [4.78, 5) is 7.04. The second kappa shape index (κ2) is 10.3. The van der Waals surface area contributed by atoms with E-state index in [4.69, 9.17) is 20.2 Å². The van der Waals surface area contributed by atoms with Gasteiger partial charge in [0.15, 0.2) is 5.96 Å². The van der Waals surface area contributed by atoms with Gasteiger partial charge in [0.05, 0.1) is 13.2 Å². The van der Waals surface area contributed by atoms with Gasteiger partial charge >= 0.3 is 0 Å². The fraction of sp³-hybridized carbons (Fsp3) is 0.650. The molecule has 0 aromatic heterocycles. The highest BCUT2D eigenvalue weighted by molar-refractivity contribution is 14.0. The average molecular weight is 473 g/mol. The molecule has 146 valence electrons. The van der Waals surface area contributed by atoms with Crippen molar-refractivity contribution in [1.82, 2.24) is 4.90 Å². The molecule has 2 aliphatic heterocycles. The highest BCUT2D eigenvalue weighted by Crippen LogP contribution is 2.36. The molecule has 0 unspecified atom stereocenters. The number of nitrogens with zero attached hydrogens (tertiary/aromatic N) is 2. The molecule has 2 N–H and O–H groups in total. The number of halogens is 1. The van der Waals surface area contributed by atoms with Crippen LogP contribution in [0.15, 0.2) is 29.3 Å². The molecular weight excluding hydrogens is 441 g/mol. The first-order chi connectivity index (χ1) is 12.2. The van der Waals surface area contributed by atoms with E-state index in [0.717, 1.165) is 51.4 Å². The lowest BCUT2D eigenvalue weighted by atomic mass is 9.74. The van der Waals surface area contributed by atoms with Gasteiger partial charge < -0.3 is 20.1 Å². The summed E-state index contributed by atoms with van der Waals surface area (Å²) in [5.74, 6) is 1.63. The van der Waals surface area contributed by atoms with E-state index >= 15 is 0 Å². The van der Waals surface area contributed by atoms with E-state index in [0.29, 0.717) is 12.6 Å². The Morgan fingerprint density at radius 1 is 1.15 bits per heavy atom. The zero-order valence-electron chi connectivity index (χ0n) is 15.8. The zero-order chi connectivity index (χ0) is 17.5. The number of rotatable bonds is 5. The first-order valence-corrected chi connectivity index (χ1v) is 9.59. The predicted molar refractivity (Wildman–Crippen MR) is 117 cm³/mol. The number of hydrogen-bond acceptors (Lipinski definition) is 3. The second-order valence-electron chi connectivity index (χ2n) is 7.07. The summed E-state index contributed by atoms with van der Waals surface area (Å²) in [6.45, 7) is 7.06. The average Bonchev–Trinajstić information content (AvgIpc) is 2.68. The Hall–Kier alpha value is -1.02. The molecule has 0 bridgehead atoms. The summed E-state index contributed by atoms with van der Waals surface area (Å²) in [5, 5.41) is 0.